The molecule has 2 aromatic carbocycles. The third kappa shape index (κ3) is 3.62. The van der Waals surface area contributed by atoms with E-state index in [0.29, 0.717) is 6.54 Å². The van der Waals surface area contributed by atoms with Crippen molar-refractivity contribution in [2.24, 2.45) is 5.73 Å². The summed E-state index contributed by atoms with van der Waals surface area (Å²) in [7, 11) is 0. The highest BCUT2D eigenvalue weighted by molar-refractivity contribution is 7.98. The molecule has 0 aliphatic carbocycles. The van der Waals surface area contributed by atoms with Crippen LogP contribution in [0.2, 0.25) is 0 Å². The summed E-state index contributed by atoms with van der Waals surface area (Å²) < 4.78 is 0. The Bertz CT molecular complexity index is 555. The lowest BCUT2D eigenvalue weighted by Crippen LogP contribution is -1.99. The van der Waals surface area contributed by atoms with Crippen molar-refractivity contribution in [2.75, 3.05) is 0 Å². The fourth-order valence-electron chi connectivity index (χ4n) is 2.39. The number of aryl methyl sites for hydroxylation is 3. The molecule has 0 amide bonds. The van der Waals surface area contributed by atoms with Gasteiger partial charge in [0.2, 0.25) is 0 Å². The topological polar surface area (TPSA) is 26.0 Å². The van der Waals surface area contributed by atoms with E-state index in [1.165, 1.54) is 32.7 Å². The van der Waals surface area contributed by atoms with E-state index in [1.54, 1.807) is 0 Å². The fourth-order valence-corrected chi connectivity index (χ4v) is 3.50. The van der Waals surface area contributed by atoms with Crippen molar-refractivity contribution in [3.63, 3.8) is 0 Å². The van der Waals surface area contributed by atoms with E-state index in [4.69, 9.17) is 5.73 Å². The smallest absolute Gasteiger partial charge is 0.0232 e. The van der Waals surface area contributed by atoms with Gasteiger partial charge in [0.1, 0.15) is 0 Å². The summed E-state index contributed by atoms with van der Waals surface area (Å²) in [4.78, 5) is 1.34. The van der Waals surface area contributed by atoms with Crippen LogP contribution >= 0.6 is 11.8 Å². The maximum absolute atomic E-state index is 5.82. The van der Waals surface area contributed by atoms with Crippen LogP contribution in [0.15, 0.2) is 41.3 Å². The van der Waals surface area contributed by atoms with E-state index >= 15 is 0 Å². The van der Waals surface area contributed by atoms with Crippen LogP contribution in [-0.2, 0) is 12.3 Å². The lowest BCUT2D eigenvalue weighted by molar-refractivity contribution is 1.01. The number of hydrogen-bond acceptors (Lipinski definition) is 2. The highest BCUT2D eigenvalue weighted by Gasteiger charge is 2.06. The van der Waals surface area contributed by atoms with Gasteiger partial charge in [0.15, 0.2) is 0 Å². The van der Waals surface area contributed by atoms with Crippen molar-refractivity contribution in [2.45, 2.75) is 38.0 Å². The largest absolute Gasteiger partial charge is 0.326 e. The summed E-state index contributed by atoms with van der Waals surface area (Å²) in [6, 6.07) is 13.1. The van der Waals surface area contributed by atoms with E-state index in [9.17, 15) is 0 Å². The molecule has 0 saturated carbocycles. The third-order valence-electron chi connectivity index (χ3n) is 3.18. The van der Waals surface area contributed by atoms with Gasteiger partial charge in [-0.05, 0) is 37.5 Å². The van der Waals surface area contributed by atoms with E-state index in [2.05, 4.69) is 57.2 Å². The summed E-state index contributed by atoms with van der Waals surface area (Å²) in [5, 5.41) is 0. The Kier molecular flexibility index (Phi) is 4.67. The van der Waals surface area contributed by atoms with Gasteiger partial charge in [-0.1, -0.05) is 47.5 Å². The second kappa shape index (κ2) is 6.27. The summed E-state index contributed by atoms with van der Waals surface area (Å²) in [6.45, 7) is 7.07. The Labute approximate surface area is 120 Å². The van der Waals surface area contributed by atoms with Crippen molar-refractivity contribution >= 4 is 11.8 Å². The first-order valence-corrected chi connectivity index (χ1v) is 7.57. The van der Waals surface area contributed by atoms with Crippen LogP contribution in [0.25, 0.3) is 0 Å². The average molecular weight is 271 g/mol. The van der Waals surface area contributed by atoms with E-state index < -0.39 is 0 Å². The zero-order valence-electron chi connectivity index (χ0n) is 11.9. The zero-order valence-corrected chi connectivity index (χ0v) is 12.7. The molecule has 0 fully saturated rings. The minimum absolute atomic E-state index is 0.608. The standard InChI is InChI=1S/C17H21NS/c1-12-7-13(2)9-15(8-12)11-19-17-14(3)5-4-6-16(17)10-18/h4-9H,10-11,18H2,1-3H3. The predicted octanol–water partition coefficient (Wildman–Crippen LogP) is 4.36. The third-order valence-corrected chi connectivity index (χ3v) is 4.53. The van der Waals surface area contributed by atoms with Gasteiger partial charge in [0.05, 0.1) is 0 Å². The number of nitrogens with two attached hydrogens (primary N) is 1. The lowest BCUT2D eigenvalue weighted by Gasteiger charge is -2.11. The van der Waals surface area contributed by atoms with Gasteiger partial charge >= 0.3 is 0 Å². The molecule has 2 heteroatoms. The van der Waals surface area contributed by atoms with Crippen LogP contribution in [0, 0.1) is 20.8 Å². The summed E-state index contributed by atoms with van der Waals surface area (Å²) >= 11 is 1.89. The summed E-state index contributed by atoms with van der Waals surface area (Å²) in [5.41, 5.74) is 12.4. The predicted molar refractivity (Wildman–Crippen MR) is 84.5 cm³/mol. The lowest BCUT2D eigenvalue weighted by atomic mass is 10.1. The van der Waals surface area contributed by atoms with Crippen molar-refractivity contribution in [1.82, 2.24) is 0 Å². The number of rotatable bonds is 4. The van der Waals surface area contributed by atoms with Crippen molar-refractivity contribution in [1.29, 1.82) is 0 Å². The molecule has 0 spiro atoms. The van der Waals surface area contributed by atoms with Gasteiger partial charge in [0, 0.05) is 17.2 Å². The first-order valence-electron chi connectivity index (χ1n) is 6.58. The minimum Gasteiger partial charge on any atom is -0.326 e. The molecular weight excluding hydrogens is 250 g/mol. The normalized spacial score (nSPS) is 10.7. The molecule has 0 atom stereocenters. The molecule has 0 aliphatic rings. The molecule has 0 bridgehead atoms. The second-order valence-electron chi connectivity index (χ2n) is 5.05. The van der Waals surface area contributed by atoms with Crippen LogP contribution in [0.1, 0.15) is 27.8 Å². The Morgan fingerprint density at radius 2 is 1.68 bits per heavy atom. The molecular formula is C17H21NS. The number of benzene rings is 2. The van der Waals surface area contributed by atoms with Gasteiger partial charge in [-0.25, -0.2) is 0 Å². The molecule has 2 N–H and O–H groups in total. The minimum atomic E-state index is 0.608. The average Bonchev–Trinajstić information content (AvgIpc) is 2.36. The quantitative estimate of drug-likeness (QED) is 0.836. The van der Waals surface area contributed by atoms with E-state index in [0.717, 1.165) is 5.75 Å². The SMILES string of the molecule is Cc1cc(C)cc(CSc2c(C)cccc2CN)c1. The van der Waals surface area contributed by atoms with E-state index in [1.807, 2.05) is 11.8 Å². The van der Waals surface area contributed by atoms with Crippen LogP contribution in [0.3, 0.4) is 0 Å². The maximum Gasteiger partial charge on any atom is 0.0232 e. The first kappa shape index (κ1) is 14.2. The summed E-state index contributed by atoms with van der Waals surface area (Å²) in [6.07, 6.45) is 0. The van der Waals surface area contributed by atoms with Crippen molar-refractivity contribution < 1.29 is 0 Å². The van der Waals surface area contributed by atoms with Crippen LogP contribution in [-0.4, -0.2) is 0 Å². The molecule has 2 aromatic rings. The molecule has 100 valence electrons. The molecule has 0 unspecified atom stereocenters. The molecule has 1 nitrogen and oxygen atoms in total. The van der Waals surface area contributed by atoms with Gasteiger partial charge in [-0.3, -0.25) is 0 Å². The van der Waals surface area contributed by atoms with Crippen molar-refractivity contribution in [3.05, 3.63) is 64.2 Å². The first-order chi connectivity index (χ1) is 9.10. The van der Waals surface area contributed by atoms with Gasteiger partial charge in [-0.15, -0.1) is 11.8 Å². The van der Waals surface area contributed by atoms with Crippen LogP contribution in [0.4, 0.5) is 0 Å². The molecule has 0 aliphatic heterocycles. The number of hydrogen-bond donors (Lipinski definition) is 1. The Morgan fingerprint density at radius 3 is 2.32 bits per heavy atom. The maximum atomic E-state index is 5.82. The monoisotopic (exact) mass is 271 g/mol. The van der Waals surface area contributed by atoms with Crippen LogP contribution in [0.5, 0.6) is 0 Å². The van der Waals surface area contributed by atoms with Crippen LogP contribution < -0.4 is 5.73 Å². The fraction of sp³-hybridized carbons (Fsp3) is 0.294. The van der Waals surface area contributed by atoms with Gasteiger partial charge < -0.3 is 5.73 Å². The Hall–Kier alpha value is -1.25. The molecule has 2 rings (SSSR count). The number of thioether (sulfide) groups is 1. The van der Waals surface area contributed by atoms with Gasteiger partial charge in [-0.2, -0.15) is 0 Å². The molecule has 0 radical (unpaired) electrons. The highest BCUT2D eigenvalue weighted by atomic mass is 32.2. The molecule has 19 heavy (non-hydrogen) atoms. The molecule has 0 saturated heterocycles. The molecule has 0 heterocycles. The highest BCUT2D eigenvalue weighted by Crippen LogP contribution is 2.29. The second-order valence-corrected chi connectivity index (χ2v) is 6.04. The van der Waals surface area contributed by atoms with Crippen molar-refractivity contribution in [3.8, 4) is 0 Å². The summed E-state index contributed by atoms with van der Waals surface area (Å²) in [5.74, 6) is 1.00. The van der Waals surface area contributed by atoms with Gasteiger partial charge in [0.25, 0.3) is 0 Å². The Morgan fingerprint density at radius 1 is 1.00 bits per heavy atom. The van der Waals surface area contributed by atoms with E-state index in [-0.39, 0.29) is 0 Å². The molecule has 0 aromatic heterocycles. The Balaban J connectivity index is 2.18. The zero-order chi connectivity index (χ0) is 13.8.